The summed E-state index contributed by atoms with van der Waals surface area (Å²) in [6, 6.07) is 12.0. The first-order valence-corrected chi connectivity index (χ1v) is 11.4. The topological polar surface area (TPSA) is 63.2 Å². The number of sulfone groups is 1. The number of amides is 1. The van der Waals surface area contributed by atoms with E-state index in [0.717, 1.165) is 29.5 Å². The Kier molecular flexibility index (Phi) is 5.87. The fourth-order valence-corrected chi connectivity index (χ4v) is 6.36. The highest BCUT2D eigenvalue weighted by Gasteiger charge is 2.53. The molecule has 0 radical (unpaired) electrons. The van der Waals surface area contributed by atoms with E-state index in [2.05, 4.69) is 5.32 Å². The molecule has 6 heteroatoms. The SMILES string of the molecule is Cc1ccc(S(=O)(=O)C2(C(=O)NC(C)c3ccccc3Cl)CCCC2)cc1C. The van der Waals surface area contributed by atoms with Crippen LogP contribution in [0.25, 0.3) is 0 Å². The molecule has 0 saturated heterocycles. The van der Waals surface area contributed by atoms with Crippen LogP contribution in [0.5, 0.6) is 0 Å². The van der Waals surface area contributed by atoms with Crippen LogP contribution in [-0.2, 0) is 14.6 Å². The molecule has 1 aliphatic carbocycles. The minimum absolute atomic E-state index is 0.220. The number of benzene rings is 2. The van der Waals surface area contributed by atoms with E-state index in [-0.39, 0.29) is 10.9 Å². The molecular weight excluding hydrogens is 394 g/mol. The zero-order chi connectivity index (χ0) is 20.5. The number of hydrogen-bond donors (Lipinski definition) is 1. The number of halogens is 1. The highest BCUT2D eigenvalue weighted by atomic mass is 35.5. The number of hydrogen-bond acceptors (Lipinski definition) is 3. The average molecular weight is 420 g/mol. The van der Waals surface area contributed by atoms with E-state index in [0.29, 0.717) is 17.9 Å². The van der Waals surface area contributed by atoms with Crippen molar-refractivity contribution in [3.8, 4) is 0 Å². The highest BCUT2D eigenvalue weighted by molar-refractivity contribution is 7.93. The number of nitrogens with one attached hydrogen (secondary N) is 1. The van der Waals surface area contributed by atoms with E-state index in [4.69, 9.17) is 11.6 Å². The Hall–Kier alpha value is -1.85. The minimum Gasteiger partial charge on any atom is -0.348 e. The summed E-state index contributed by atoms with van der Waals surface area (Å²) in [4.78, 5) is 13.5. The number of carbonyl (C=O) groups is 1. The molecule has 0 aliphatic heterocycles. The molecule has 4 nitrogen and oxygen atoms in total. The van der Waals surface area contributed by atoms with Gasteiger partial charge in [-0.15, -0.1) is 0 Å². The molecule has 1 unspecified atom stereocenters. The molecule has 1 atom stereocenters. The largest absolute Gasteiger partial charge is 0.348 e. The molecule has 1 aliphatic rings. The summed E-state index contributed by atoms with van der Waals surface area (Å²) in [5.74, 6) is -0.435. The van der Waals surface area contributed by atoms with E-state index in [1.165, 1.54) is 0 Å². The van der Waals surface area contributed by atoms with Crippen molar-refractivity contribution in [3.63, 3.8) is 0 Å². The summed E-state index contributed by atoms with van der Waals surface area (Å²) < 4.78 is 25.7. The lowest BCUT2D eigenvalue weighted by Gasteiger charge is -2.30. The fraction of sp³-hybridized carbons (Fsp3) is 0.409. The maximum absolute atomic E-state index is 13.6. The van der Waals surface area contributed by atoms with Crippen molar-refractivity contribution in [1.29, 1.82) is 0 Å². The molecular formula is C22H26ClNO3S. The van der Waals surface area contributed by atoms with E-state index in [1.54, 1.807) is 24.3 Å². The van der Waals surface area contributed by atoms with Gasteiger partial charge in [-0.2, -0.15) is 0 Å². The van der Waals surface area contributed by atoms with Crippen molar-refractivity contribution in [2.45, 2.75) is 62.1 Å². The van der Waals surface area contributed by atoms with E-state index >= 15 is 0 Å². The van der Waals surface area contributed by atoms with E-state index in [9.17, 15) is 13.2 Å². The molecule has 0 heterocycles. The summed E-state index contributed by atoms with van der Waals surface area (Å²) in [6.45, 7) is 5.65. The Morgan fingerprint density at radius 2 is 1.71 bits per heavy atom. The van der Waals surface area contributed by atoms with Crippen LogP contribution < -0.4 is 5.32 Å². The fourth-order valence-electron chi connectivity index (χ4n) is 3.90. The molecule has 1 amide bonds. The van der Waals surface area contributed by atoms with Crippen LogP contribution in [0, 0.1) is 13.8 Å². The normalized spacial score (nSPS) is 17.3. The van der Waals surface area contributed by atoms with Gasteiger partial charge >= 0.3 is 0 Å². The monoisotopic (exact) mass is 419 g/mol. The van der Waals surface area contributed by atoms with E-state index in [1.807, 2.05) is 39.0 Å². The first-order valence-electron chi connectivity index (χ1n) is 9.56. The summed E-state index contributed by atoms with van der Waals surface area (Å²) in [6.07, 6.45) is 2.11. The summed E-state index contributed by atoms with van der Waals surface area (Å²) in [5.41, 5.74) is 2.70. The highest BCUT2D eigenvalue weighted by Crippen LogP contribution is 2.41. The molecule has 28 heavy (non-hydrogen) atoms. The zero-order valence-electron chi connectivity index (χ0n) is 16.5. The smallest absolute Gasteiger partial charge is 0.242 e. The molecule has 0 bridgehead atoms. The van der Waals surface area contributed by atoms with Gasteiger partial charge in [-0.05, 0) is 68.5 Å². The Balaban J connectivity index is 1.96. The molecule has 0 aromatic heterocycles. The van der Waals surface area contributed by atoms with Crippen LogP contribution in [0.1, 0.15) is 55.3 Å². The Morgan fingerprint density at radius 3 is 2.32 bits per heavy atom. The predicted molar refractivity (Wildman–Crippen MR) is 112 cm³/mol. The first-order chi connectivity index (χ1) is 13.2. The van der Waals surface area contributed by atoms with Crippen molar-refractivity contribution < 1.29 is 13.2 Å². The maximum atomic E-state index is 13.6. The van der Waals surface area contributed by atoms with Gasteiger partial charge in [0.05, 0.1) is 10.9 Å². The van der Waals surface area contributed by atoms with Crippen molar-refractivity contribution >= 4 is 27.3 Å². The van der Waals surface area contributed by atoms with Gasteiger partial charge in [0.25, 0.3) is 0 Å². The maximum Gasteiger partial charge on any atom is 0.242 e. The third kappa shape index (κ3) is 3.58. The van der Waals surface area contributed by atoms with Crippen molar-refractivity contribution in [3.05, 3.63) is 64.2 Å². The molecule has 2 aromatic rings. The zero-order valence-corrected chi connectivity index (χ0v) is 18.0. The molecule has 1 saturated carbocycles. The van der Waals surface area contributed by atoms with Gasteiger partial charge in [0, 0.05) is 5.02 Å². The molecule has 2 aromatic carbocycles. The third-order valence-electron chi connectivity index (χ3n) is 5.85. The van der Waals surface area contributed by atoms with Gasteiger partial charge in [0.1, 0.15) is 0 Å². The second-order valence-electron chi connectivity index (χ2n) is 7.67. The lowest BCUT2D eigenvalue weighted by molar-refractivity contribution is -0.124. The minimum atomic E-state index is -3.82. The lowest BCUT2D eigenvalue weighted by atomic mass is 10.0. The van der Waals surface area contributed by atoms with Crippen LogP contribution in [-0.4, -0.2) is 19.1 Å². The van der Waals surface area contributed by atoms with Crippen LogP contribution >= 0.6 is 11.6 Å². The van der Waals surface area contributed by atoms with Crippen molar-refractivity contribution in [1.82, 2.24) is 5.32 Å². The summed E-state index contributed by atoms with van der Waals surface area (Å²) in [5, 5.41) is 3.47. The molecule has 1 N–H and O–H groups in total. The van der Waals surface area contributed by atoms with Gasteiger partial charge < -0.3 is 5.32 Å². The van der Waals surface area contributed by atoms with Crippen LogP contribution in [0.3, 0.4) is 0 Å². The second-order valence-corrected chi connectivity index (χ2v) is 10.3. The standard InChI is InChI=1S/C22H26ClNO3S/c1-15-10-11-18(14-16(15)2)28(26,27)22(12-6-7-13-22)21(25)24-17(3)19-8-4-5-9-20(19)23/h4-5,8-11,14,17H,6-7,12-13H2,1-3H3,(H,24,25). The second kappa shape index (κ2) is 7.88. The predicted octanol–water partition coefficient (Wildman–Crippen LogP) is 4.92. The molecule has 1 fully saturated rings. The quantitative estimate of drug-likeness (QED) is 0.747. The number of aryl methyl sites for hydroxylation is 2. The lowest BCUT2D eigenvalue weighted by Crippen LogP contribution is -2.51. The third-order valence-corrected chi connectivity index (χ3v) is 8.69. The number of carbonyl (C=O) groups excluding carboxylic acids is 1. The van der Waals surface area contributed by atoms with Gasteiger partial charge in [-0.25, -0.2) is 8.42 Å². The Bertz CT molecular complexity index is 995. The summed E-state index contributed by atoms with van der Waals surface area (Å²) >= 11 is 6.25. The van der Waals surface area contributed by atoms with Crippen LogP contribution in [0.2, 0.25) is 5.02 Å². The molecule has 0 spiro atoms. The van der Waals surface area contributed by atoms with Gasteiger partial charge in [-0.3, -0.25) is 4.79 Å². The Labute approximate surface area is 172 Å². The van der Waals surface area contributed by atoms with Crippen LogP contribution in [0.15, 0.2) is 47.4 Å². The van der Waals surface area contributed by atoms with E-state index < -0.39 is 20.5 Å². The van der Waals surface area contributed by atoms with Crippen molar-refractivity contribution in [2.24, 2.45) is 0 Å². The van der Waals surface area contributed by atoms with Crippen molar-refractivity contribution in [2.75, 3.05) is 0 Å². The molecule has 3 rings (SSSR count). The van der Waals surface area contributed by atoms with Gasteiger partial charge in [0.15, 0.2) is 14.6 Å². The first kappa shape index (κ1) is 20.9. The Morgan fingerprint density at radius 1 is 1.07 bits per heavy atom. The average Bonchev–Trinajstić information content (AvgIpc) is 3.16. The number of rotatable bonds is 5. The summed E-state index contributed by atoms with van der Waals surface area (Å²) in [7, 11) is -3.82. The molecule has 150 valence electrons. The van der Waals surface area contributed by atoms with Gasteiger partial charge in [0.2, 0.25) is 5.91 Å². The van der Waals surface area contributed by atoms with Gasteiger partial charge in [-0.1, -0.05) is 48.7 Å². The van der Waals surface area contributed by atoms with Crippen LogP contribution in [0.4, 0.5) is 0 Å².